The molecule has 1 unspecified atom stereocenters. The average molecular weight is 423 g/mol. The maximum Gasteiger partial charge on any atom is 0.293 e. The van der Waals surface area contributed by atoms with E-state index in [1.54, 1.807) is 19.1 Å². The van der Waals surface area contributed by atoms with E-state index in [2.05, 4.69) is 0 Å². The molecule has 6 nitrogen and oxygen atoms in total. The van der Waals surface area contributed by atoms with Gasteiger partial charge in [0.2, 0.25) is 10.0 Å². The van der Waals surface area contributed by atoms with E-state index in [-0.39, 0.29) is 33.2 Å². The molecule has 28 heavy (non-hydrogen) atoms. The van der Waals surface area contributed by atoms with Gasteiger partial charge in [-0.25, -0.2) is 12.8 Å². The summed E-state index contributed by atoms with van der Waals surface area (Å²) in [6.07, 6.45) is 0. The minimum atomic E-state index is -4.07. The Morgan fingerprint density at radius 3 is 2.68 bits per heavy atom. The number of aliphatic hydroxyl groups is 1. The van der Waals surface area contributed by atoms with Gasteiger partial charge in [-0.15, -0.1) is 0 Å². The molecule has 9 heteroatoms. The zero-order valence-electron chi connectivity index (χ0n) is 14.8. The molecule has 0 spiro atoms. The number of ether oxygens (including phenoxy) is 1. The molecule has 0 radical (unpaired) electrons. The maximum atomic E-state index is 14.3. The van der Waals surface area contributed by atoms with Crippen molar-refractivity contribution in [2.45, 2.75) is 24.4 Å². The summed E-state index contributed by atoms with van der Waals surface area (Å²) in [5.41, 5.74) is -0.0284. The minimum Gasteiger partial charge on any atom is -0.480 e. The van der Waals surface area contributed by atoms with Crippen molar-refractivity contribution in [1.82, 2.24) is 4.31 Å². The summed E-state index contributed by atoms with van der Waals surface area (Å²) < 4.78 is 46.5. The van der Waals surface area contributed by atoms with Gasteiger partial charge in [-0.2, -0.15) is 9.57 Å². The van der Waals surface area contributed by atoms with Gasteiger partial charge in [0.15, 0.2) is 0 Å². The molecule has 0 aliphatic carbocycles. The first-order valence-corrected chi connectivity index (χ1v) is 10.1. The fraction of sp³-hybridized carbons (Fsp3) is 0.211. The molecule has 2 aromatic rings. The fourth-order valence-electron chi connectivity index (χ4n) is 3.12. The third kappa shape index (κ3) is 3.33. The zero-order valence-corrected chi connectivity index (χ0v) is 16.3. The molecule has 0 aromatic heterocycles. The Labute approximate surface area is 167 Å². The van der Waals surface area contributed by atoms with Gasteiger partial charge in [0.1, 0.15) is 17.5 Å². The number of hydrogen-bond acceptors (Lipinski definition) is 5. The van der Waals surface area contributed by atoms with E-state index in [1.165, 1.54) is 30.3 Å². The van der Waals surface area contributed by atoms with Gasteiger partial charge >= 0.3 is 0 Å². The standard InChI is InChI=1S/C19H16ClFN2O4S/c1-2-27-19(24)13(10-22)18-12-6-3-4-9-17(12)28(25,26)23(18)11-14-15(20)7-5-8-16(14)21/h3-9,18,24H,2,11H2,1H3/b19-13-. The molecule has 0 bridgehead atoms. The van der Waals surface area contributed by atoms with Gasteiger partial charge in [0.05, 0.1) is 17.5 Å². The number of rotatable bonds is 5. The first-order valence-electron chi connectivity index (χ1n) is 8.32. The Balaban J connectivity index is 2.21. The maximum absolute atomic E-state index is 14.3. The fourth-order valence-corrected chi connectivity index (χ4v) is 5.12. The van der Waals surface area contributed by atoms with Crippen LogP contribution in [-0.2, 0) is 21.3 Å². The van der Waals surface area contributed by atoms with Gasteiger partial charge in [0.25, 0.3) is 5.95 Å². The second-order valence-corrected chi connectivity index (χ2v) is 8.22. The van der Waals surface area contributed by atoms with Crippen molar-refractivity contribution in [2.24, 2.45) is 0 Å². The summed E-state index contributed by atoms with van der Waals surface area (Å²) >= 11 is 6.07. The number of hydrogen-bond donors (Lipinski definition) is 1. The molecule has 0 amide bonds. The first-order chi connectivity index (χ1) is 13.3. The molecular weight excluding hydrogens is 407 g/mol. The highest BCUT2D eigenvalue weighted by molar-refractivity contribution is 7.89. The number of nitrogens with zero attached hydrogens (tertiary/aromatic N) is 2. The Morgan fingerprint density at radius 1 is 1.32 bits per heavy atom. The molecule has 1 aliphatic rings. The second-order valence-electron chi connectivity index (χ2n) is 5.95. The predicted octanol–water partition coefficient (Wildman–Crippen LogP) is 4.05. The van der Waals surface area contributed by atoms with Crippen LogP contribution < -0.4 is 0 Å². The SMILES string of the molecule is CCO/C(O)=C(/C#N)C1c2ccccc2S(=O)(=O)N1Cc1c(F)cccc1Cl. The van der Waals surface area contributed by atoms with E-state index in [1.807, 2.05) is 6.07 Å². The Hall–Kier alpha value is -2.60. The highest BCUT2D eigenvalue weighted by Crippen LogP contribution is 2.45. The predicted molar refractivity (Wildman–Crippen MR) is 100 cm³/mol. The summed E-state index contributed by atoms with van der Waals surface area (Å²) in [6, 6.07) is 10.8. The lowest BCUT2D eigenvalue weighted by molar-refractivity contribution is 0.0952. The molecule has 1 N–H and O–H groups in total. The van der Waals surface area contributed by atoms with Gasteiger partial charge < -0.3 is 9.84 Å². The van der Waals surface area contributed by atoms with E-state index in [4.69, 9.17) is 16.3 Å². The normalized spacial score (nSPS) is 18.9. The largest absolute Gasteiger partial charge is 0.480 e. The smallest absolute Gasteiger partial charge is 0.293 e. The number of benzene rings is 2. The molecule has 2 aromatic carbocycles. The van der Waals surface area contributed by atoms with Crippen molar-refractivity contribution >= 4 is 21.6 Å². The molecule has 1 aliphatic heterocycles. The summed E-state index contributed by atoms with van der Waals surface area (Å²) in [5.74, 6) is -1.35. The van der Waals surface area contributed by atoms with Crippen LogP contribution in [0.15, 0.2) is 58.9 Å². The van der Waals surface area contributed by atoms with Crippen LogP contribution in [0.25, 0.3) is 0 Å². The van der Waals surface area contributed by atoms with Gasteiger partial charge in [-0.05, 0) is 30.7 Å². The van der Waals surface area contributed by atoms with E-state index < -0.39 is 34.4 Å². The van der Waals surface area contributed by atoms with Crippen molar-refractivity contribution in [2.75, 3.05) is 6.61 Å². The van der Waals surface area contributed by atoms with E-state index in [0.29, 0.717) is 0 Å². The van der Waals surface area contributed by atoms with E-state index in [0.717, 1.165) is 4.31 Å². The second kappa shape index (κ2) is 7.80. The van der Waals surface area contributed by atoms with Crippen LogP contribution in [0.2, 0.25) is 5.02 Å². The number of fused-ring (bicyclic) bond motifs is 1. The zero-order chi connectivity index (χ0) is 20.5. The van der Waals surface area contributed by atoms with Crippen molar-refractivity contribution in [3.8, 4) is 6.07 Å². The topological polar surface area (TPSA) is 90.6 Å². The Morgan fingerprint density at radius 2 is 2.04 bits per heavy atom. The van der Waals surface area contributed by atoms with Crippen LogP contribution in [0.5, 0.6) is 0 Å². The summed E-state index contributed by atoms with van der Waals surface area (Å²) in [6.45, 7) is 1.27. The Kier molecular flexibility index (Phi) is 5.61. The average Bonchev–Trinajstić information content (AvgIpc) is 2.87. The van der Waals surface area contributed by atoms with Crippen molar-refractivity contribution in [3.05, 3.63) is 75.9 Å². The van der Waals surface area contributed by atoms with Gasteiger partial charge in [0, 0.05) is 17.1 Å². The number of nitriles is 1. The monoisotopic (exact) mass is 422 g/mol. The van der Waals surface area contributed by atoms with Crippen molar-refractivity contribution < 1.29 is 22.7 Å². The van der Waals surface area contributed by atoms with Crippen molar-refractivity contribution in [3.63, 3.8) is 0 Å². The minimum absolute atomic E-state index is 0.0236. The van der Waals surface area contributed by atoms with Crippen LogP contribution >= 0.6 is 11.6 Å². The van der Waals surface area contributed by atoms with Crippen LogP contribution in [0.4, 0.5) is 4.39 Å². The molecule has 0 saturated carbocycles. The summed E-state index contributed by atoms with van der Waals surface area (Å²) in [5, 5.41) is 19.8. The highest BCUT2D eigenvalue weighted by atomic mass is 35.5. The summed E-state index contributed by atoms with van der Waals surface area (Å²) in [4.78, 5) is -0.0236. The van der Waals surface area contributed by atoms with Gasteiger partial charge in [-0.1, -0.05) is 35.9 Å². The highest BCUT2D eigenvalue weighted by Gasteiger charge is 2.46. The number of aliphatic hydroxyl groups excluding tert-OH is 1. The first kappa shape index (κ1) is 20.1. The lowest BCUT2D eigenvalue weighted by atomic mass is 9.99. The van der Waals surface area contributed by atoms with Crippen molar-refractivity contribution in [1.29, 1.82) is 5.26 Å². The molecule has 0 fully saturated rings. The van der Waals surface area contributed by atoms with Crippen LogP contribution in [0.1, 0.15) is 24.1 Å². The van der Waals surface area contributed by atoms with Crippen LogP contribution in [-0.4, -0.2) is 24.4 Å². The van der Waals surface area contributed by atoms with Crippen LogP contribution in [0, 0.1) is 17.1 Å². The number of sulfonamides is 1. The third-order valence-corrected chi connectivity index (χ3v) is 6.61. The number of halogens is 2. The molecule has 0 saturated heterocycles. The molecule has 1 atom stereocenters. The van der Waals surface area contributed by atoms with E-state index in [9.17, 15) is 23.2 Å². The third-order valence-electron chi connectivity index (χ3n) is 4.37. The molecular formula is C19H16ClFN2O4S. The lowest BCUT2D eigenvalue weighted by Crippen LogP contribution is -2.30. The molecule has 3 rings (SSSR count). The molecule has 1 heterocycles. The van der Waals surface area contributed by atoms with Gasteiger partial charge in [-0.3, -0.25) is 0 Å². The quantitative estimate of drug-likeness (QED) is 0.579. The van der Waals surface area contributed by atoms with Crippen LogP contribution in [0.3, 0.4) is 0 Å². The summed E-state index contributed by atoms with van der Waals surface area (Å²) in [7, 11) is -4.07. The van der Waals surface area contributed by atoms with E-state index >= 15 is 0 Å². The Bertz CT molecular complexity index is 1080. The lowest BCUT2D eigenvalue weighted by Gasteiger charge is -2.24. The molecule has 146 valence electrons.